The van der Waals surface area contributed by atoms with E-state index < -0.39 is 34.7 Å². The lowest BCUT2D eigenvalue weighted by Gasteiger charge is -2.37. The Balaban J connectivity index is 1.73. The van der Waals surface area contributed by atoms with Crippen LogP contribution in [0.5, 0.6) is 5.75 Å². The summed E-state index contributed by atoms with van der Waals surface area (Å²) in [6.45, 7) is 2.74. The molecule has 0 N–H and O–H groups in total. The van der Waals surface area contributed by atoms with Crippen molar-refractivity contribution in [2.45, 2.75) is 31.8 Å². The van der Waals surface area contributed by atoms with Gasteiger partial charge in [0.2, 0.25) is 5.82 Å². The summed E-state index contributed by atoms with van der Waals surface area (Å²) in [4.78, 5) is 27.3. The van der Waals surface area contributed by atoms with Crippen LogP contribution < -0.4 is 4.74 Å². The van der Waals surface area contributed by atoms with Crippen molar-refractivity contribution in [3.63, 3.8) is 0 Å². The number of nitrogens with zero attached hydrogens (tertiary/aromatic N) is 2. The first-order valence-electron chi connectivity index (χ1n) is 8.31. The van der Waals surface area contributed by atoms with Crippen LogP contribution in [0.15, 0.2) is 6.07 Å². The Labute approximate surface area is 148 Å². The second kappa shape index (κ2) is 7.05. The van der Waals surface area contributed by atoms with Gasteiger partial charge in [-0.05, 0) is 25.8 Å². The van der Waals surface area contributed by atoms with Crippen molar-refractivity contribution < 1.29 is 32.2 Å². The fourth-order valence-electron chi connectivity index (χ4n) is 3.47. The third-order valence-electron chi connectivity index (χ3n) is 4.83. The fourth-order valence-corrected chi connectivity index (χ4v) is 3.47. The van der Waals surface area contributed by atoms with Crippen molar-refractivity contribution in [3.05, 3.63) is 29.1 Å². The summed E-state index contributed by atoms with van der Waals surface area (Å²) < 4.78 is 51.0. The molecule has 2 aliphatic rings. The first kappa shape index (κ1) is 18.3. The summed E-state index contributed by atoms with van der Waals surface area (Å²) >= 11 is 0. The zero-order chi connectivity index (χ0) is 19.0. The predicted molar refractivity (Wildman–Crippen MR) is 84.4 cm³/mol. The van der Waals surface area contributed by atoms with Gasteiger partial charge in [0.25, 0.3) is 5.91 Å². The van der Waals surface area contributed by atoms with Crippen LogP contribution in [0, 0.1) is 17.5 Å². The van der Waals surface area contributed by atoms with Crippen LogP contribution in [0.4, 0.5) is 18.0 Å². The Morgan fingerprint density at radius 2 is 1.88 bits per heavy atom. The molecule has 0 aromatic heterocycles. The molecule has 0 radical (unpaired) electrons. The van der Waals surface area contributed by atoms with E-state index in [1.807, 2.05) is 6.92 Å². The lowest BCUT2D eigenvalue weighted by atomic mass is 10.0. The number of rotatable bonds is 3. The smallest absolute Gasteiger partial charge is 0.410 e. The molecule has 26 heavy (non-hydrogen) atoms. The molecular weight excluding hydrogens is 353 g/mol. The number of amides is 2. The number of cyclic esters (lactones) is 1. The Hall–Kier alpha value is -2.45. The van der Waals surface area contributed by atoms with Crippen LogP contribution in [0.25, 0.3) is 0 Å². The summed E-state index contributed by atoms with van der Waals surface area (Å²) in [5.74, 6) is -5.71. The van der Waals surface area contributed by atoms with Crippen LogP contribution in [-0.2, 0) is 4.74 Å². The fraction of sp³-hybridized carbons (Fsp3) is 0.529. The van der Waals surface area contributed by atoms with Gasteiger partial charge in [0, 0.05) is 19.1 Å². The monoisotopic (exact) mass is 372 g/mol. The number of halogens is 3. The average Bonchev–Trinajstić information content (AvgIpc) is 2.97. The molecule has 2 saturated heterocycles. The number of piperidine rings is 1. The number of likely N-dealkylation sites (tertiary alicyclic amines) is 1. The maximum atomic E-state index is 14.3. The summed E-state index contributed by atoms with van der Waals surface area (Å²) in [6.07, 6.45) is 0.611. The van der Waals surface area contributed by atoms with Crippen LogP contribution in [0.1, 0.15) is 30.1 Å². The third kappa shape index (κ3) is 3.06. The average molecular weight is 372 g/mol. The maximum Gasteiger partial charge on any atom is 0.410 e. The highest BCUT2D eigenvalue weighted by atomic mass is 19.2. The number of benzene rings is 1. The van der Waals surface area contributed by atoms with E-state index in [1.165, 1.54) is 4.90 Å². The molecule has 1 atom stereocenters. The summed E-state index contributed by atoms with van der Waals surface area (Å²) in [7, 11) is 0.997. The van der Waals surface area contributed by atoms with Gasteiger partial charge >= 0.3 is 6.09 Å². The van der Waals surface area contributed by atoms with Crippen molar-refractivity contribution >= 4 is 12.0 Å². The van der Waals surface area contributed by atoms with Gasteiger partial charge in [-0.1, -0.05) is 0 Å². The number of hydrogen-bond donors (Lipinski definition) is 0. The van der Waals surface area contributed by atoms with Crippen molar-refractivity contribution in [3.8, 4) is 5.75 Å². The molecule has 2 heterocycles. The minimum absolute atomic E-state index is 0.0392. The molecule has 0 bridgehead atoms. The third-order valence-corrected chi connectivity index (χ3v) is 4.83. The summed E-state index contributed by atoms with van der Waals surface area (Å²) in [5, 5.41) is 0. The van der Waals surface area contributed by atoms with Gasteiger partial charge in [-0.3, -0.25) is 9.69 Å². The molecule has 0 spiro atoms. The molecule has 2 aliphatic heterocycles. The summed E-state index contributed by atoms with van der Waals surface area (Å²) in [5.41, 5.74) is -0.576. The molecule has 2 fully saturated rings. The Kier molecular flexibility index (Phi) is 4.97. The molecule has 0 aliphatic carbocycles. The quantitative estimate of drug-likeness (QED) is 0.766. The SMILES string of the molecule is COc1c(F)c(F)cc(C(=O)N2CCC(N3C(=O)OCC3C)CC2)c1F. The molecule has 1 aromatic rings. The second-order valence-corrected chi connectivity index (χ2v) is 6.42. The standard InChI is InChI=1S/C17H19F3N2O4/c1-9-8-26-17(24)22(9)10-3-5-21(6-4-10)16(23)11-7-12(18)14(20)15(25-2)13(11)19/h7,9-10H,3-6,8H2,1-2H3. The van der Waals surface area contributed by atoms with Crippen LogP contribution in [0.3, 0.4) is 0 Å². The van der Waals surface area contributed by atoms with E-state index in [0.717, 1.165) is 7.11 Å². The lowest BCUT2D eigenvalue weighted by molar-refractivity contribution is 0.0635. The van der Waals surface area contributed by atoms with E-state index in [1.54, 1.807) is 4.90 Å². The Morgan fingerprint density at radius 1 is 1.23 bits per heavy atom. The van der Waals surface area contributed by atoms with Gasteiger partial charge in [0.1, 0.15) is 6.61 Å². The van der Waals surface area contributed by atoms with Gasteiger partial charge in [-0.2, -0.15) is 4.39 Å². The van der Waals surface area contributed by atoms with Crippen molar-refractivity contribution in [2.24, 2.45) is 0 Å². The lowest BCUT2D eigenvalue weighted by Crippen LogP contribution is -2.49. The highest BCUT2D eigenvalue weighted by molar-refractivity contribution is 5.95. The van der Waals surface area contributed by atoms with E-state index in [9.17, 15) is 22.8 Å². The van der Waals surface area contributed by atoms with Crippen molar-refractivity contribution in [1.82, 2.24) is 9.80 Å². The predicted octanol–water partition coefficient (Wildman–Crippen LogP) is 2.56. The molecule has 2 amide bonds. The normalized spacial score (nSPS) is 21.1. The molecule has 1 aromatic carbocycles. The summed E-state index contributed by atoms with van der Waals surface area (Å²) in [6, 6.07) is 0.428. The van der Waals surface area contributed by atoms with Gasteiger partial charge in [-0.15, -0.1) is 0 Å². The van der Waals surface area contributed by atoms with E-state index in [-0.39, 0.29) is 31.3 Å². The first-order valence-corrected chi connectivity index (χ1v) is 8.31. The second-order valence-electron chi connectivity index (χ2n) is 6.42. The van der Waals surface area contributed by atoms with Gasteiger partial charge in [0.15, 0.2) is 17.4 Å². The maximum absolute atomic E-state index is 14.3. The van der Waals surface area contributed by atoms with Gasteiger partial charge in [0.05, 0.1) is 18.7 Å². The van der Waals surface area contributed by atoms with Crippen molar-refractivity contribution in [2.75, 3.05) is 26.8 Å². The largest absolute Gasteiger partial charge is 0.491 e. The number of ether oxygens (including phenoxy) is 2. The van der Waals surface area contributed by atoms with Crippen LogP contribution in [0.2, 0.25) is 0 Å². The van der Waals surface area contributed by atoms with Crippen molar-refractivity contribution in [1.29, 1.82) is 0 Å². The first-order chi connectivity index (χ1) is 12.3. The Bertz CT molecular complexity index is 735. The molecule has 0 saturated carbocycles. The number of carbonyl (C=O) groups is 2. The van der Waals surface area contributed by atoms with Crippen LogP contribution in [-0.4, -0.2) is 60.7 Å². The Morgan fingerprint density at radius 3 is 2.42 bits per heavy atom. The minimum Gasteiger partial charge on any atom is -0.491 e. The van der Waals surface area contributed by atoms with Gasteiger partial charge < -0.3 is 14.4 Å². The number of carbonyl (C=O) groups excluding carboxylic acids is 2. The minimum atomic E-state index is -1.47. The highest BCUT2D eigenvalue weighted by Gasteiger charge is 2.38. The molecule has 6 nitrogen and oxygen atoms in total. The van der Waals surface area contributed by atoms with E-state index in [4.69, 9.17) is 4.74 Å². The number of methoxy groups -OCH3 is 1. The molecule has 3 rings (SSSR count). The zero-order valence-electron chi connectivity index (χ0n) is 14.4. The molecule has 142 valence electrons. The molecule has 9 heteroatoms. The topological polar surface area (TPSA) is 59.1 Å². The van der Waals surface area contributed by atoms with Crippen LogP contribution >= 0.6 is 0 Å². The molecule has 1 unspecified atom stereocenters. The number of hydrogen-bond acceptors (Lipinski definition) is 4. The van der Waals surface area contributed by atoms with E-state index in [0.29, 0.717) is 25.5 Å². The zero-order valence-corrected chi connectivity index (χ0v) is 14.4. The highest BCUT2D eigenvalue weighted by Crippen LogP contribution is 2.29. The van der Waals surface area contributed by atoms with E-state index >= 15 is 0 Å². The van der Waals surface area contributed by atoms with E-state index in [2.05, 4.69) is 4.74 Å². The van der Waals surface area contributed by atoms with Gasteiger partial charge in [-0.25, -0.2) is 13.6 Å². The molecular formula is C17H19F3N2O4.